The SMILES string of the molecule is CS(=O)(=O)C1CCCCN(C(=O)Cc2ccc(I)cc2)C1. The molecule has 1 heterocycles. The Labute approximate surface area is 140 Å². The third-order valence-corrected chi connectivity index (χ3v) is 6.17. The lowest BCUT2D eigenvalue weighted by atomic mass is 10.1. The molecule has 1 aromatic rings. The zero-order chi connectivity index (χ0) is 15.5. The normalized spacial score (nSPS) is 20.1. The lowest BCUT2D eigenvalue weighted by Gasteiger charge is -2.23. The van der Waals surface area contributed by atoms with Gasteiger partial charge in [0.25, 0.3) is 0 Å². The van der Waals surface area contributed by atoms with Crippen molar-refractivity contribution in [2.75, 3.05) is 19.3 Å². The summed E-state index contributed by atoms with van der Waals surface area (Å²) in [7, 11) is -3.09. The summed E-state index contributed by atoms with van der Waals surface area (Å²) in [5, 5.41) is -0.416. The summed E-state index contributed by atoms with van der Waals surface area (Å²) in [4.78, 5) is 14.1. The van der Waals surface area contributed by atoms with Crippen LogP contribution in [0.5, 0.6) is 0 Å². The second-order valence-electron chi connectivity index (χ2n) is 5.59. The number of carbonyl (C=O) groups excluding carboxylic acids is 1. The second-order valence-corrected chi connectivity index (χ2v) is 9.16. The van der Waals surface area contributed by atoms with E-state index in [0.29, 0.717) is 25.9 Å². The number of nitrogens with zero attached hydrogens (tertiary/aromatic N) is 1. The molecule has 2 rings (SSSR count). The highest BCUT2D eigenvalue weighted by Crippen LogP contribution is 2.18. The third kappa shape index (κ3) is 4.95. The van der Waals surface area contributed by atoms with Gasteiger partial charge in [-0.2, -0.15) is 0 Å². The zero-order valence-electron chi connectivity index (χ0n) is 12.1. The minimum atomic E-state index is -3.09. The maximum absolute atomic E-state index is 12.4. The first-order chi connectivity index (χ1) is 9.86. The lowest BCUT2D eigenvalue weighted by molar-refractivity contribution is -0.130. The number of halogens is 1. The molecule has 1 atom stereocenters. The molecule has 1 aliphatic rings. The van der Waals surface area contributed by atoms with Gasteiger partial charge in [-0.05, 0) is 53.1 Å². The van der Waals surface area contributed by atoms with Crippen molar-refractivity contribution in [3.63, 3.8) is 0 Å². The van der Waals surface area contributed by atoms with Crippen molar-refractivity contribution in [1.29, 1.82) is 0 Å². The number of rotatable bonds is 3. The second kappa shape index (κ2) is 7.09. The standard InChI is InChI=1S/C15H20INO3S/c1-21(19,20)14-4-2-3-9-17(11-14)15(18)10-12-5-7-13(16)8-6-12/h5-8,14H,2-4,9-11H2,1H3. The van der Waals surface area contributed by atoms with Crippen LogP contribution in [-0.2, 0) is 21.1 Å². The Bertz CT molecular complexity index is 598. The number of hydrogen-bond acceptors (Lipinski definition) is 3. The van der Waals surface area contributed by atoms with E-state index in [0.717, 1.165) is 22.0 Å². The molecule has 6 heteroatoms. The molecule has 21 heavy (non-hydrogen) atoms. The van der Waals surface area contributed by atoms with Gasteiger partial charge < -0.3 is 4.90 Å². The average molecular weight is 421 g/mol. The third-order valence-electron chi connectivity index (χ3n) is 3.85. The number of hydrogen-bond donors (Lipinski definition) is 0. The molecule has 1 aliphatic heterocycles. The number of likely N-dealkylation sites (tertiary alicyclic amines) is 1. The van der Waals surface area contributed by atoms with Crippen molar-refractivity contribution >= 4 is 38.3 Å². The summed E-state index contributed by atoms with van der Waals surface area (Å²) in [5.74, 6) is 0.0201. The Hall–Kier alpha value is -0.630. The minimum absolute atomic E-state index is 0.0201. The molecule has 1 aromatic carbocycles. The topological polar surface area (TPSA) is 54.5 Å². The van der Waals surface area contributed by atoms with Crippen molar-refractivity contribution in [3.05, 3.63) is 33.4 Å². The molecule has 4 nitrogen and oxygen atoms in total. The van der Waals surface area contributed by atoms with Crippen LogP contribution in [0.4, 0.5) is 0 Å². The van der Waals surface area contributed by atoms with Crippen LogP contribution in [0.1, 0.15) is 24.8 Å². The summed E-state index contributed by atoms with van der Waals surface area (Å²) < 4.78 is 24.7. The number of sulfone groups is 1. The van der Waals surface area contributed by atoms with Crippen LogP contribution >= 0.6 is 22.6 Å². The Morgan fingerprint density at radius 1 is 1.29 bits per heavy atom. The first-order valence-corrected chi connectivity index (χ1v) is 10.1. The summed E-state index contributed by atoms with van der Waals surface area (Å²) in [5.41, 5.74) is 0.973. The van der Waals surface area contributed by atoms with E-state index in [1.54, 1.807) is 4.90 Å². The van der Waals surface area contributed by atoms with E-state index in [9.17, 15) is 13.2 Å². The maximum atomic E-state index is 12.4. The zero-order valence-corrected chi connectivity index (χ0v) is 15.1. The Morgan fingerprint density at radius 2 is 1.95 bits per heavy atom. The Balaban J connectivity index is 2.05. The van der Waals surface area contributed by atoms with Gasteiger partial charge in [0.2, 0.25) is 5.91 Å². The van der Waals surface area contributed by atoms with Gasteiger partial charge in [-0.3, -0.25) is 4.79 Å². The van der Waals surface area contributed by atoms with Crippen molar-refractivity contribution in [1.82, 2.24) is 4.90 Å². The van der Waals surface area contributed by atoms with Crippen LogP contribution in [0, 0.1) is 3.57 Å². The predicted molar refractivity (Wildman–Crippen MR) is 91.9 cm³/mol. The highest BCUT2D eigenvalue weighted by Gasteiger charge is 2.28. The molecule has 116 valence electrons. The predicted octanol–water partition coefficient (Wildman–Crippen LogP) is 2.26. The van der Waals surface area contributed by atoms with Gasteiger partial charge in [-0.1, -0.05) is 18.6 Å². The largest absolute Gasteiger partial charge is 0.341 e. The summed E-state index contributed by atoms with van der Waals surface area (Å²) >= 11 is 2.23. The molecular weight excluding hydrogens is 401 g/mol. The average Bonchev–Trinajstić information content (AvgIpc) is 2.67. The molecule has 0 aromatic heterocycles. The van der Waals surface area contributed by atoms with Crippen LogP contribution in [-0.4, -0.2) is 43.8 Å². The smallest absolute Gasteiger partial charge is 0.227 e. The van der Waals surface area contributed by atoms with Crippen LogP contribution in [0.3, 0.4) is 0 Å². The summed E-state index contributed by atoms with van der Waals surface area (Å²) in [6, 6.07) is 7.85. The van der Waals surface area contributed by atoms with Crippen molar-refractivity contribution < 1.29 is 13.2 Å². The van der Waals surface area contributed by atoms with Gasteiger partial charge in [-0.25, -0.2) is 8.42 Å². The Kier molecular flexibility index (Phi) is 5.65. The fourth-order valence-electron chi connectivity index (χ4n) is 2.57. The number of carbonyl (C=O) groups is 1. The van der Waals surface area contributed by atoms with Crippen LogP contribution < -0.4 is 0 Å². The van der Waals surface area contributed by atoms with Gasteiger partial charge in [0.15, 0.2) is 9.84 Å². The molecule has 0 aliphatic carbocycles. The van der Waals surface area contributed by atoms with Crippen molar-refractivity contribution in [2.45, 2.75) is 30.9 Å². The molecule has 1 unspecified atom stereocenters. The minimum Gasteiger partial charge on any atom is -0.341 e. The molecule has 1 fully saturated rings. The first-order valence-electron chi connectivity index (χ1n) is 7.07. The number of benzene rings is 1. The van der Waals surface area contributed by atoms with E-state index in [4.69, 9.17) is 0 Å². The lowest BCUT2D eigenvalue weighted by Crippen LogP contribution is -2.39. The maximum Gasteiger partial charge on any atom is 0.227 e. The highest BCUT2D eigenvalue weighted by atomic mass is 127. The molecule has 1 amide bonds. The van der Waals surface area contributed by atoms with E-state index in [2.05, 4.69) is 22.6 Å². The molecule has 0 N–H and O–H groups in total. The van der Waals surface area contributed by atoms with E-state index < -0.39 is 15.1 Å². The fraction of sp³-hybridized carbons (Fsp3) is 0.533. The highest BCUT2D eigenvalue weighted by molar-refractivity contribution is 14.1. The molecule has 0 spiro atoms. The van der Waals surface area contributed by atoms with E-state index in [-0.39, 0.29) is 5.91 Å². The van der Waals surface area contributed by atoms with E-state index in [1.807, 2.05) is 24.3 Å². The molecule has 0 saturated carbocycles. The van der Waals surface area contributed by atoms with Crippen molar-refractivity contribution in [3.8, 4) is 0 Å². The fourth-order valence-corrected chi connectivity index (χ4v) is 3.97. The molecule has 0 radical (unpaired) electrons. The van der Waals surface area contributed by atoms with Gasteiger partial charge >= 0.3 is 0 Å². The van der Waals surface area contributed by atoms with Crippen LogP contribution in [0.25, 0.3) is 0 Å². The number of amides is 1. The summed E-state index contributed by atoms with van der Waals surface area (Å²) in [6.07, 6.45) is 4.01. The van der Waals surface area contributed by atoms with Crippen molar-refractivity contribution in [2.24, 2.45) is 0 Å². The monoisotopic (exact) mass is 421 g/mol. The summed E-state index contributed by atoms with van der Waals surface area (Å²) in [6.45, 7) is 0.997. The van der Waals surface area contributed by atoms with Gasteiger partial charge in [0.05, 0.1) is 11.7 Å². The van der Waals surface area contributed by atoms with Crippen LogP contribution in [0.2, 0.25) is 0 Å². The van der Waals surface area contributed by atoms with Gasteiger partial charge in [0.1, 0.15) is 0 Å². The molecule has 1 saturated heterocycles. The Morgan fingerprint density at radius 3 is 2.57 bits per heavy atom. The van der Waals surface area contributed by atoms with E-state index >= 15 is 0 Å². The van der Waals surface area contributed by atoms with Crippen LogP contribution in [0.15, 0.2) is 24.3 Å². The van der Waals surface area contributed by atoms with Gasteiger partial charge in [0, 0.05) is 22.9 Å². The molecular formula is C15H20INO3S. The quantitative estimate of drug-likeness (QED) is 0.704. The molecule has 0 bridgehead atoms. The van der Waals surface area contributed by atoms with Gasteiger partial charge in [-0.15, -0.1) is 0 Å². The first kappa shape index (κ1) is 16.7. The van der Waals surface area contributed by atoms with E-state index in [1.165, 1.54) is 6.26 Å².